The molecule has 4 nitrogen and oxygen atoms in total. The van der Waals surface area contributed by atoms with Crippen LogP contribution in [0.2, 0.25) is 19.6 Å². The summed E-state index contributed by atoms with van der Waals surface area (Å²) in [5.74, 6) is -0.419. The lowest BCUT2D eigenvalue weighted by atomic mass is 9.65. The van der Waals surface area contributed by atoms with Crippen LogP contribution >= 0.6 is 0 Å². The number of aliphatic carboxylic acids is 1. The van der Waals surface area contributed by atoms with Crippen molar-refractivity contribution < 1.29 is 19.4 Å². The van der Waals surface area contributed by atoms with Crippen LogP contribution in [-0.2, 0) is 20.7 Å². The lowest BCUT2D eigenvalue weighted by molar-refractivity contribution is -0.293. The van der Waals surface area contributed by atoms with Crippen molar-refractivity contribution >= 4 is 14.0 Å². The van der Waals surface area contributed by atoms with Crippen molar-refractivity contribution in [1.82, 2.24) is 0 Å². The molecule has 5 heteroatoms. The van der Waals surface area contributed by atoms with Crippen LogP contribution in [0.3, 0.4) is 0 Å². The van der Waals surface area contributed by atoms with Crippen molar-refractivity contribution in [3.05, 3.63) is 47.2 Å². The third kappa shape index (κ3) is 8.29. The number of hydrogen-bond acceptors (Lipinski definition) is 3. The summed E-state index contributed by atoms with van der Waals surface area (Å²) < 4.78 is 12.4. The Morgan fingerprint density at radius 2 is 1.75 bits per heavy atom. The molecule has 1 aliphatic heterocycles. The summed E-state index contributed by atoms with van der Waals surface area (Å²) in [6.45, 7) is 17.3. The van der Waals surface area contributed by atoms with Crippen molar-refractivity contribution in [1.29, 1.82) is 0 Å². The second kappa shape index (κ2) is 12.0. The molecule has 1 heterocycles. The van der Waals surface area contributed by atoms with Crippen LogP contribution in [0.4, 0.5) is 0 Å². The Bertz CT molecular complexity index is 876. The molecular formula is C31H50O4Si. The molecule has 0 radical (unpaired) electrons. The van der Waals surface area contributed by atoms with Gasteiger partial charge in [0.2, 0.25) is 0 Å². The summed E-state index contributed by atoms with van der Waals surface area (Å²) in [7, 11) is -1.55. The highest BCUT2D eigenvalue weighted by Gasteiger charge is 2.42. The highest BCUT2D eigenvalue weighted by atomic mass is 28.3. The molecule has 3 rings (SSSR count). The number of carboxylic acids is 1. The standard InChI is InChI=1S/C31H50O4Si/c1-23-16-17-26(27(29(32)33)15-11-14-24-12-9-8-10-13-24)28(20-36(5,6)7)25(23)18-19-31(4)34-21-30(2,3)22-35-31/h8-10,12-13,20,23,25-27H,11,14-19,21-22H2,1-7H3,(H,32,33)/b28-20+/t23-,25+,26+,27?/m1/s1. The SMILES string of the molecule is C[C@@H]1CC[C@@H](C(CCCc2ccccc2)C(=O)O)/C(=C/[Si](C)(C)C)[C@H]1CCC1(C)OCC(C)(C)CO1. The Labute approximate surface area is 220 Å². The normalized spacial score (nSPS) is 28.1. The Morgan fingerprint density at radius 3 is 2.33 bits per heavy atom. The van der Waals surface area contributed by atoms with Gasteiger partial charge >= 0.3 is 5.97 Å². The van der Waals surface area contributed by atoms with Crippen molar-refractivity contribution in [3.8, 4) is 0 Å². The summed E-state index contributed by atoms with van der Waals surface area (Å²) in [4.78, 5) is 12.6. The molecule has 1 aliphatic carbocycles. The fourth-order valence-corrected chi connectivity index (χ4v) is 7.45. The first-order valence-corrected chi connectivity index (χ1v) is 17.6. The first-order chi connectivity index (χ1) is 16.8. The van der Waals surface area contributed by atoms with Gasteiger partial charge in [-0.05, 0) is 68.8 Å². The molecule has 1 N–H and O–H groups in total. The Kier molecular flexibility index (Phi) is 9.67. The predicted molar refractivity (Wildman–Crippen MR) is 151 cm³/mol. The number of aryl methyl sites for hydroxylation is 1. The van der Waals surface area contributed by atoms with Gasteiger partial charge in [-0.15, -0.1) is 0 Å². The fourth-order valence-electron chi connectivity index (χ4n) is 6.02. The Morgan fingerprint density at radius 1 is 1.11 bits per heavy atom. The van der Waals surface area contributed by atoms with E-state index in [1.54, 1.807) is 0 Å². The van der Waals surface area contributed by atoms with Gasteiger partial charge in [0.25, 0.3) is 0 Å². The summed E-state index contributed by atoms with van der Waals surface area (Å²) in [6, 6.07) is 10.4. The quantitative estimate of drug-likeness (QED) is 0.324. The van der Waals surface area contributed by atoms with Gasteiger partial charge in [-0.1, -0.05) is 82.0 Å². The number of hydrogen-bond donors (Lipinski definition) is 1. The van der Waals surface area contributed by atoms with Crippen molar-refractivity contribution in [2.45, 2.75) is 98.1 Å². The molecule has 1 unspecified atom stereocenters. The monoisotopic (exact) mass is 514 g/mol. The van der Waals surface area contributed by atoms with E-state index in [1.807, 2.05) is 6.07 Å². The highest BCUT2D eigenvalue weighted by molar-refractivity contribution is 6.81. The number of allylic oxidation sites excluding steroid dienone is 1. The van der Waals surface area contributed by atoms with E-state index in [4.69, 9.17) is 9.47 Å². The molecule has 0 bridgehead atoms. The molecule has 0 amide bonds. The molecule has 0 aromatic heterocycles. The molecule has 36 heavy (non-hydrogen) atoms. The van der Waals surface area contributed by atoms with E-state index in [-0.39, 0.29) is 17.3 Å². The fraction of sp³-hybridized carbons (Fsp3) is 0.710. The number of rotatable bonds is 10. The molecule has 2 fully saturated rings. The van der Waals surface area contributed by atoms with Crippen LogP contribution < -0.4 is 0 Å². The average Bonchev–Trinajstić information content (AvgIpc) is 2.79. The number of ether oxygens (including phenoxy) is 2. The Balaban J connectivity index is 1.77. The molecular weight excluding hydrogens is 464 g/mol. The van der Waals surface area contributed by atoms with E-state index in [0.717, 1.165) is 44.9 Å². The lowest BCUT2D eigenvalue weighted by Crippen LogP contribution is -2.46. The maximum atomic E-state index is 12.6. The summed E-state index contributed by atoms with van der Waals surface area (Å²) in [6.07, 6.45) is 6.49. The van der Waals surface area contributed by atoms with Gasteiger partial charge in [-0.25, -0.2) is 0 Å². The van der Waals surface area contributed by atoms with Crippen LogP contribution in [0.15, 0.2) is 41.6 Å². The molecule has 1 aromatic carbocycles. The summed E-state index contributed by atoms with van der Waals surface area (Å²) in [5, 5.41) is 10.4. The van der Waals surface area contributed by atoms with Gasteiger partial charge < -0.3 is 14.6 Å². The van der Waals surface area contributed by atoms with Crippen LogP contribution in [-0.4, -0.2) is 38.2 Å². The number of carbonyl (C=O) groups is 1. The predicted octanol–water partition coefficient (Wildman–Crippen LogP) is 7.75. The van der Waals surface area contributed by atoms with Crippen molar-refractivity contribution in [2.24, 2.45) is 29.1 Å². The lowest BCUT2D eigenvalue weighted by Gasteiger charge is -2.44. The van der Waals surface area contributed by atoms with Gasteiger partial charge in [0.1, 0.15) is 0 Å². The van der Waals surface area contributed by atoms with Gasteiger partial charge in [0.05, 0.1) is 27.2 Å². The largest absolute Gasteiger partial charge is 0.481 e. The topological polar surface area (TPSA) is 55.8 Å². The van der Waals surface area contributed by atoms with Crippen LogP contribution in [0, 0.1) is 29.1 Å². The van der Waals surface area contributed by atoms with Crippen LogP contribution in [0.25, 0.3) is 0 Å². The van der Waals surface area contributed by atoms with Gasteiger partial charge in [0, 0.05) is 11.8 Å². The van der Waals surface area contributed by atoms with Gasteiger partial charge in [0.15, 0.2) is 5.79 Å². The minimum absolute atomic E-state index is 0.0556. The minimum Gasteiger partial charge on any atom is -0.481 e. The molecule has 202 valence electrons. The summed E-state index contributed by atoms with van der Waals surface area (Å²) in [5.41, 5.74) is 5.32. The molecule has 2 aliphatic rings. The maximum absolute atomic E-state index is 12.6. The molecule has 0 spiro atoms. The van der Waals surface area contributed by atoms with E-state index in [1.165, 1.54) is 11.1 Å². The van der Waals surface area contributed by atoms with Crippen molar-refractivity contribution in [2.75, 3.05) is 13.2 Å². The first kappa shape index (κ1) is 29.1. The van der Waals surface area contributed by atoms with Crippen molar-refractivity contribution in [3.63, 3.8) is 0 Å². The van der Waals surface area contributed by atoms with Crippen LogP contribution in [0.1, 0.15) is 71.8 Å². The second-order valence-corrected chi connectivity index (χ2v) is 18.5. The van der Waals surface area contributed by atoms with Gasteiger partial charge in [-0.3, -0.25) is 4.79 Å². The van der Waals surface area contributed by atoms with E-state index in [9.17, 15) is 9.90 Å². The van der Waals surface area contributed by atoms with E-state index in [2.05, 4.69) is 77.3 Å². The van der Waals surface area contributed by atoms with Crippen LogP contribution in [0.5, 0.6) is 0 Å². The van der Waals surface area contributed by atoms with E-state index >= 15 is 0 Å². The molecule has 1 saturated heterocycles. The minimum atomic E-state index is -1.55. The molecule has 4 atom stereocenters. The zero-order chi connectivity index (χ0) is 26.6. The second-order valence-electron chi connectivity index (χ2n) is 13.5. The highest BCUT2D eigenvalue weighted by Crippen LogP contribution is 2.47. The average molecular weight is 515 g/mol. The number of benzene rings is 1. The zero-order valence-electron chi connectivity index (χ0n) is 23.8. The maximum Gasteiger partial charge on any atom is 0.307 e. The third-order valence-electron chi connectivity index (χ3n) is 8.15. The summed E-state index contributed by atoms with van der Waals surface area (Å²) >= 11 is 0. The molecule has 1 aromatic rings. The number of carboxylic acid groups (broad SMARTS) is 1. The van der Waals surface area contributed by atoms with E-state index < -0.39 is 19.8 Å². The zero-order valence-corrected chi connectivity index (χ0v) is 24.8. The third-order valence-corrected chi connectivity index (χ3v) is 9.35. The molecule has 1 saturated carbocycles. The van der Waals surface area contributed by atoms with E-state index in [0.29, 0.717) is 25.0 Å². The smallest absolute Gasteiger partial charge is 0.307 e. The van der Waals surface area contributed by atoms with Gasteiger partial charge in [-0.2, -0.15) is 0 Å². The Hall–Kier alpha value is -1.43. The first-order valence-electron chi connectivity index (χ1n) is 14.1.